The van der Waals surface area contributed by atoms with E-state index in [1.807, 2.05) is 35.0 Å². The fourth-order valence-electron chi connectivity index (χ4n) is 3.00. The summed E-state index contributed by atoms with van der Waals surface area (Å²) in [4.78, 5) is 21.2. The Kier molecular flexibility index (Phi) is 5.43. The fraction of sp³-hybridized carbons (Fsp3) is 0.625. The summed E-state index contributed by atoms with van der Waals surface area (Å²) < 4.78 is 0. The molecule has 0 radical (unpaired) electrons. The van der Waals surface area contributed by atoms with Gasteiger partial charge in [0.05, 0.1) is 5.69 Å². The number of amides is 2. The van der Waals surface area contributed by atoms with Gasteiger partial charge in [-0.1, -0.05) is 0 Å². The van der Waals surface area contributed by atoms with E-state index in [1.54, 1.807) is 0 Å². The molecule has 0 spiro atoms. The number of thioether (sulfide) groups is 1. The van der Waals surface area contributed by atoms with Crippen LogP contribution in [0.2, 0.25) is 0 Å². The van der Waals surface area contributed by atoms with Crippen LogP contribution in [0, 0.1) is 0 Å². The highest BCUT2D eigenvalue weighted by atomic mass is 32.2. The first-order valence-electron chi connectivity index (χ1n) is 8.18. The van der Waals surface area contributed by atoms with Crippen molar-refractivity contribution in [3.63, 3.8) is 0 Å². The highest BCUT2D eigenvalue weighted by Gasteiger charge is 2.20. The summed E-state index contributed by atoms with van der Waals surface area (Å²) in [6.07, 6.45) is 6.57. The lowest BCUT2D eigenvalue weighted by molar-refractivity contribution is 0.216. The van der Waals surface area contributed by atoms with Gasteiger partial charge in [0.1, 0.15) is 0 Å². The maximum absolute atomic E-state index is 12.5. The first-order valence-corrected chi connectivity index (χ1v) is 9.34. The van der Waals surface area contributed by atoms with E-state index >= 15 is 0 Å². The van der Waals surface area contributed by atoms with Crippen LogP contribution in [0.25, 0.3) is 0 Å². The van der Waals surface area contributed by atoms with E-state index in [4.69, 9.17) is 0 Å². The summed E-state index contributed by atoms with van der Waals surface area (Å²) in [5.74, 6) is 3.09. The van der Waals surface area contributed by atoms with E-state index in [-0.39, 0.29) is 6.03 Å². The van der Waals surface area contributed by atoms with Crippen LogP contribution in [0.5, 0.6) is 0 Å². The monoisotopic (exact) mass is 320 g/mol. The van der Waals surface area contributed by atoms with E-state index in [1.165, 1.54) is 19.3 Å². The van der Waals surface area contributed by atoms with E-state index in [0.717, 1.165) is 55.6 Å². The maximum atomic E-state index is 12.5. The van der Waals surface area contributed by atoms with Gasteiger partial charge in [-0.25, -0.2) is 9.78 Å². The molecule has 0 bridgehead atoms. The summed E-state index contributed by atoms with van der Waals surface area (Å²) >= 11 is 1.93. The van der Waals surface area contributed by atoms with Gasteiger partial charge in [-0.2, -0.15) is 11.8 Å². The van der Waals surface area contributed by atoms with Gasteiger partial charge < -0.3 is 15.1 Å². The zero-order chi connectivity index (χ0) is 15.2. The molecule has 1 aromatic rings. The van der Waals surface area contributed by atoms with E-state index in [2.05, 4.69) is 15.2 Å². The third kappa shape index (κ3) is 3.85. The lowest BCUT2D eigenvalue weighted by Crippen LogP contribution is -2.37. The molecule has 3 heterocycles. The smallest absolute Gasteiger partial charge is 0.321 e. The number of hydrogen-bond donors (Lipinski definition) is 1. The van der Waals surface area contributed by atoms with Crippen LogP contribution in [0.15, 0.2) is 18.3 Å². The average Bonchev–Trinajstić information content (AvgIpc) is 2.85. The summed E-state index contributed by atoms with van der Waals surface area (Å²) in [6, 6.07) is 3.86. The van der Waals surface area contributed by atoms with Crippen molar-refractivity contribution < 1.29 is 4.79 Å². The minimum Gasteiger partial charge on any atom is -0.355 e. The van der Waals surface area contributed by atoms with Gasteiger partial charge in [0.2, 0.25) is 0 Å². The standard InChI is InChI=1S/C16H24N4OS/c21-16(20-10-5-12-22-13-11-20)18-14-6-4-7-17-15(14)19-8-2-1-3-9-19/h4,6-7H,1-3,5,8-13H2,(H,18,21). The van der Waals surface area contributed by atoms with Crippen molar-refractivity contribution in [2.24, 2.45) is 0 Å². The molecular formula is C16H24N4OS. The van der Waals surface area contributed by atoms with Gasteiger partial charge >= 0.3 is 6.03 Å². The molecule has 0 aliphatic carbocycles. The Bertz CT molecular complexity index is 497. The first-order chi connectivity index (χ1) is 10.8. The van der Waals surface area contributed by atoms with Crippen molar-refractivity contribution in [2.45, 2.75) is 25.7 Å². The van der Waals surface area contributed by atoms with Gasteiger partial charge in [0.25, 0.3) is 0 Å². The molecule has 6 heteroatoms. The number of rotatable bonds is 2. The zero-order valence-corrected chi connectivity index (χ0v) is 13.8. The summed E-state index contributed by atoms with van der Waals surface area (Å²) in [5.41, 5.74) is 0.839. The van der Waals surface area contributed by atoms with E-state index < -0.39 is 0 Å². The van der Waals surface area contributed by atoms with E-state index in [9.17, 15) is 4.79 Å². The van der Waals surface area contributed by atoms with Crippen LogP contribution in [-0.4, -0.2) is 53.6 Å². The Hall–Kier alpha value is -1.43. The number of hydrogen-bond acceptors (Lipinski definition) is 4. The van der Waals surface area contributed by atoms with Crippen LogP contribution in [0.1, 0.15) is 25.7 Å². The van der Waals surface area contributed by atoms with Crippen LogP contribution >= 0.6 is 11.8 Å². The molecule has 0 aromatic carbocycles. The molecule has 22 heavy (non-hydrogen) atoms. The number of urea groups is 1. The van der Waals surface area contributed by atoms with Crippen LogP contribution in [-0.2, 0) is 0 Å². The van der Waals surface area contributed by atoms with Crippen LogP contribution in [0.3, 0.4) is 0 Å². The molecule has 120 valence electrons. The number of piperidine rings is 1. The van der Waals surface area contributed by atoms with Gasteiger partial charge in [0.15, 0.2) is 5.82 Å². The molecule has 2 amide bonds. The first kappa shape index (κ1) is 15.5. The number of anilines is 2. The zero-order valence-electron chi connectivity index (χ0n) is 13.0. The number of carbonyl (C=O) groups is 1. The minimum absolute atomic E-state index is 0.00811. The predicted molar refractivity (Wildman–Crippen MR) is 92.8 cm³/mol. The van der Waals surface area contributed by atoms with Crippen molar-refractivity contribution in [3.05, 3.63) is 18.3 Å². The summed E-state index contributed by atoms with van der Waals surface area (Å²) in [5, 5.41) is 3.08. The number of carbonyl (C=O) groups excluding carboxylic acids is 1. The Morgan fingerprint density at radius 3 is 2.82 bits per heavy atom. The summed E-state index contributed by atoms with van der Waals surface area (Å²) in [7, 11) is 0. The second-order valence-corrected chi connectivity index (χ2v) is 7.03. The molecule has 0 unspecified atom stereocenters. The Morgan fingerprint density at radius 2 is 1.95 bits per heavy atom. The van der Waals surface area contributed by atoms with Gasteiger partial charge in [-0.15, -0.1) is 0 Å². The molecule has 2 aliphatic heterocycles. The molecule has 2 fully saturated rings. The molecule has 1 aromatic heterocycles. The highest BCUT2D eigenvalue weighted by Crippen LogP contribution is 2.26. The van der Waals surface area contributed by atoms with Crippen molar-refractivity contribution in [1.82, 2.24) is 9.88 Å². The second-order valence-electron chi connectivity index (χ2n) is 5.81. The fourth-order valence-corrected chi connectivity index (χ4v) is 3.88. The Morgan fingerprint density at radius 1 is 1.09 bits per heavy atom. The molecule has 2 saturated heterocycles. The van der Waals surface area contributed by atoms with Crippen LogP contribution < -0.4 is 10.2 Å². The maximum Gasteiger partial charge on any atom is 0.321 e. The lowest BCUT2D eigenvalue weighted by Gasteiger charge is -2.30. The number of nitrogens with zero attached hydrogens (tertiary/aromatic N) is 3. The van der Waals surface area contributed by atoms with E-state index in [0.29, 0.717) is 0 Å². The van der Waals surface area contributed by atoms with Crippen molar-refractivity contribution in [3.8, 4) is 0 Å². The Balaban J connectivity index is 1.69. The molecule has 2 aliphatic rings. The van der Waals surface area contributed by atoms with Gasteiger partial charge in [-0.05, 0) is 43.6 Å². The van der Waals surface area contributed by atoms with Gasteiger partial charge in [0, 0.05) is 38.1 Å². The second kappa shape index (κ2) is 7.72. The molecule has 3 rings (SSSR count). The third-order valence-corrected chi connectivity index (χ3v) is 5.24. The van der Waals surface area contributed by atoms with Crippen molar-refractivity contribution in [1.29, 1.82) is 0 Å². The van der Waals surface area contributed by atoms with Crippen molar-refractivity contribution in [2.75, 3.05) is 47.9 Å². The minimum atomic E-state index is 0.00811. The van der Waals surface area contributed by atoms with Crippen LogP contribution in [0.4, 0.5) is 16.3 Å². The Labute approximate surface area is 136 Å². The SMILES string of the molecule is O=C(Nc1cccnc1N1CCCCC1)N1CCCSCC1. The van der Waals surface area contributed by atoms with Crippen molar-refractivity contribution >= 4 is 29.3 Å². The molecule has 0 atom stereocenters. The number of nitrogens with one attached hydrogen (secondary N) is 1. The highest BCUT2D eigenvalue weighted by molar-refractivity contribution is 7.99. The quantitative estimate of drug-likeness (QED) is 0.910. The normalized spacial score (nSPS) is 19.6. The largest absolute Gasteiger partial charge is 0.355 e. The number of aromatic nitrogens is 1. The molecular weight excluding hydrogens is 296 g/mol. The lowest BCUT2D eigenvalue weighted by atomic mass is 10.1. The summed E-state index contributed by atoms with van der Waals surface area (Å²) in [6.45, 7) is 3.73. The molecule has 5 nitrogen and oxygen atoms in total. The van der Waals surface area contributed by atoms with Gasteiger partial charge in [-0.3, -0.25) is 0 Å². The predicted octanol–water partition coefficient (Wildman–Crippen LogP) is 3.04. The molecule has 1 N–H and O–H groups in total. The third-order valence-electron chi connectivity index (χ3n) is 4.19. The average molecular weight is 320 g/mol. The molecule has 0 saturated carbocycles. The number of pyridine rings is 1. The topological polar surface area (TPSA) is 48.5 Å².